The van der Waals surface area contributed by atoms with E-state index in [0.29, 0.717) is 18.4 Å². The molecule has 2 amide bonds. The van der Waals surface area contributed by atoms with Crippen LogP contribution in [-0.2, 0) is 20.9 Å². The Morgan fingerprint density at radius 1 is 1.57 bits per heavy atom. The second-order valence-electron chi connectivity index (χ2n) is 5.62. The van der Waals surface area contributed by atoms with Crippen LogP contribution in [0.3, 0.4) is 0 Å². The number of hydrogen-bond acceptors (Lipinski definition) is 6. The molecule has 1 aromatic rings. The Bertz CT molecular complexity index is 568. The van der Waals surface area contributed by atoms with Crippen molar-refractivity contribution in [1.82, 2.24) is 20.4 Å². The van der Waals surface area contributed by atoms with Crippen LogP contribution in [0.1, 0.15) is 37.4 Å². The summed E-state index contributed by atoms with van der Waals surface area (Å²) in [6.07, 6.45) is 3.39. The van der Waals surface area contributed by atoms with Gasteiger partial charge in [0.25, 0.3) is 5.89 Å². The number of carbonyl (C=O) groups excluding carboxylic acids is 2. The quantitative estimate of drug-likeness (QED) is 0.669. The monoisotopic (exact) mass is 322 g/mol. The number of ether oxygens (including phenoxy) is 1. The van der Waals surface area contributed by atoms with E-state index in [9.17, 15) is 9.59 Å². The van der Waals surface area contributed by atoms with Gasteiger partial charge in [-0.1, -0.05) is 11.7 Å². The minimum atomic E-state index is -0.267. The van der Waals surface area contributed by atoms with Crippen molar-refractivity contribution in [2.75, 3.05) is 20.2 Å². The maximum atomic E-state index is 12.0. The highest BCUT2D eigenvalue weighted by Gasteiger charge is 2.28. The van der Waals surface area contributed by atoms with Gasteiger partial charge >= 0.3 is 0 Å². The molecular formula is C15H22N4O4. The molecule has 0 aromatic carbocycles. The number of hydrogen-bond donors (Lipinski definition) is 1. The molecule has 0 aliphatic heterocycles. The first-order chi connectivity index (χ1) is 11.0. The largest absolute Gasteiger partial charge is 0.362 e. The van der Waals surface area contributed by atoms with Gasteiger partial charge in [-0.15, -0.1) is 0 Å². The summed E-state index contributed by atoms with van der Waals surface area (Å²) in [6.45, 7) is 5.58. The minimum absolute atomic E-state index is 0.0859. The molecule has 0 saturated heterocycles. The third-order valence-corrected chi connectivity index (χ3v) is 3.69. The molecule has 8 nitrogen and oxygen atoms in total. The van der Waals surface area contributed by atoms with Crippen molar-refractivity contribution >= 4 is 11.8 Å². The lowest BCUT2D eigenvalue weighted by molar-refractivity contribution is -0.137. The highest BCUT2D eigenvalue weighted by molar-refractivity contribution is 5.86. The highest BCUT2D eigenvalue weighted by Crippen LogP contribution is 2.38. The molecule has 0 radical (unpaired) electrons. The number of rotatable bonds is 9. The van der Waals surface area contributed by atoms with Crippen molar-refractivity contribution in [3.05, 3.63) is 24.4 Å². The smallest absolute Gasteiger partial charge is 0.252 e. The van der Waals surface area contributed by atoms with E-state index in [2.05, 4.69) is 22.0 Å². The maximum Gasteiger partial charge on any atom is 0.252 e. The predicted molar refractivity (Wildman–Crippen MR) is 81.4 cm³/mol. The predicted octanol–water partition coefficient (Wildman–Crippen LogP) is 0.613. The second kappa shape index (κ2) is 7.87. The van der Waals surface area contributed by atoms with Gasteiger partial charge in [0.05, 0.1) is 0 Å². The van der Waals surface area contributed by atoms with Crippen molar-refractivity contribution in [1.29, 1.82) is 0 Å². The van der Waals surface area contributed by atoms with E-state index in [1.54, 1.807) is 7.05 Å². The van der Waals surface area contributed by atoms with Crippen molar-refractivity contribution in [3.63, 3.8) is 0 Å². The molecule has 2 rings (SSSR count). The average molecular weight is 322 g/mol. The first-order valence-corrected chi connectivity index (χ1v) is 7.57. The minimum Gasteiger partial charge on any atom is -0.362 e. The Hall–Kier alpha value is -2.22. The molecule has 1 aliphatic carbocycles. The fourth-order valence-corrected chi connectivity index (χ4v) is 1.86. The molecule has 1 fully saturated rings. The van der Waals surface area contributed by atoms with Crippen LogP contribution in [0.2, 0.25) is 0 Å². The lowest BCUT2D eigenvalue weighted by Gasteiger charge is -2.24. The molecule has 126 valence electrons. The summed E-state index contributed by atoms with van der Waals surface area (Å²) in [6, 6.07) is -0.153. The summed E-state index contributed by atoms with van der Waals surface area (Å²) in [5.41, 5.74) is 0. The van der Waals surface area contributed by atoms with Gasteiger partial charge in [-0.05, 0) is 25.8 Å². The number of amides is 2. The molecule has 1 unspecified atom stereocenters. The van der Waals surface area contributed by atoms with Gasteiger partial charge in [-0.3, -0.25) is 9.59 Å². The molecule has 23 heavy (non-hydrogen) atoms. The molecule has 1 N–H and O–H groups in total. The van der Waals surface area contributed by atoms with Crippen LogP contribution >= 0.6 is 0 Å². The van der Waals surface area contributed by atoms with Gasteiger partial charge in [-0.2, -0.15) is 4.98 Å². The molecule has 0 bridgehead atoms. The van der Waals surface area contributed by atoms with Gasteiger partial charge in [0.2, 0.25) is 11.8 Å². The van der Waals surface area contributed by atoms with Gasteiger partial charge in [0.15, 0.2) is 5.82 Å². The lowest BCUT2D eigenvalue weighted by Crippen LogP contribution is -2.44. The first-order valence-electron chi connectivity index (χ1n) is 7.57. The molecule has 0 spiro atoms. The topological polar surface area (TPSA) is 97.6 Å². The van der Waals surface area contributed by atoms with E-state index >= 15 is 0 Å². The van der Waals surface area contributed by atoms with Crippen LogP contribution in [0.4, 0.5) is 0 Å². The highest BCUT2D eigenvalue weighted by atomic mass is 16.5. The Labute approximate surface area is 134 Å². The van der Waals surface area contributed by atoms with E-state index < -0.39 is 0 Å². The first kappa shape index (κ1) is 17.1. The fourth-order valence-electron chi connectivity index (χ4n) is 1.86. The molecule has 8 heteroatoms. The molecule has 1 heterocycles. The van der Waals surface area contributed by atoms with Crippen LogP contribution < -0.4 is 5.32 Å². The van der Waals surface area contributed by atoms with Gasteiger partial charge in [0, 0.05) is 25.6 Å². The van der Waals surface area contributed by atoms with Crippen LogP contribution in [0.25, 0.3) is 0 Å². The third kappa shape index (κ3) is 5.17. The Morgan fingerprint density at radius 2 is 2.30 bits per heavy atom. The third-order valence-electron chi connectivity index (χ3n) is 3.69. The molecule has 1 saturated carbocycles. The molecule has 1 atom stereocenters. The summed E-state index contributed by atoms with van der Waals surface area (Å²) >= 11 is 0. The zero-order valence-corrected chi connectivity index (χ0v) is 13.4. The zero-order chi connectivity index (χ0) is 16.8. The number of nitrogens with one attached hydrogen (secondary N) is 1. The molecule has 1 aromatic heterocycles. The molecule has 1 aliphatic rings. The molecular weight excluding hydrogens is 300 g/mol. The van der Waals surface area contributed by atoms with Crippen molar-refractivity contribution < 1.29 is 18.8 Å². The van der Waals surface area contributed by atoms with Gasteiger partial charge < -0.3 is 19.5 Å². The summed E-state index contributed by atoms with van der Waals surface area (Å²) in [5.74, 6) is 1.07. The number of likely N-dealkylation sites (N-methyl/N-ethyl adjacent to an activating group) is 1. The fraction of sp³-hybridized carbons (Fsp3) is 0.600. The van der Waals surface area contributed by atoms with Crippen LogP contribution in [0.15, 0.2) is 17.2 Å². The Morgan fingerprint density at radius 3 is 2.96 bits per heavy atom. The van der Waals surface area contributed by atoms with E-state index in [0.717, 1.165) is 18.7 Å². The second-order valence-corrected chi connectivity index (χ2v) is 5.62. The summed E-state index contributed by atoms with van der Waals surface area (Å²) in [7, 11) is 1.66. The maximum absolute atomic E-state index is 12.0. The van der Waals surface area contributed by atoms with Crippen molar-refractivity contribution in [2.45, 2.75) is 38.3 Å². The normalized spacial score (nSPS) is 15.0. The van der Waals surface area contributed by atoms with E-state index in [-0.39, 0.29) is 31.1 Å². The summed E-state index contributed by atoms with van der Waals surface area (Å²) in [4.78, 5) is 28.9. The van der Waals surface area contributed by atoms with Crippen LogP contribution in [-0.4, -0.2) is 53.1 Å². The van der Waals surface area contributed by atoms with E-state index in [4.69, 9.17) is 9.26 Å². The SMILES string of the molecule is C=CC(=O)NCC(C)N(C)C(=O)COCc1nc(C2CC2)no1. The Kier molecular flexibility index (Phi) is 5.86. The van der Waals surface area contributed by atoms with Gasteiger partial charge in [0.1, 0.15) is 13.2 Å². The Balaban J connectivity index is 1.68. The lowest BCUT2D eigenvalue weighted by atomic mass is 10.3. The van der Waals surface area contributed by atoms with Gasteiger partial charge in [-0.25, -0.2) is 0 Å². The number of nitrogens with zero attached hydrogens (tertiary/aromatic N) is 3. The summed E-state index contributed by atoms with van der Waals surface area (Å²) in [5, 5.41) is 6.52. The average Bonchev–Trinajstić information content (AvgIpc) is 3.30. The van der Waals surface area contributed by atoms with Crippen LogP contribution in [0.5, 0.6) is 0 Å². The standard InChI is InChI=1S/C15H22N4O4/c1-4-12(20)16-7-10(2)19(3)14(21)9-22-8-13-17-15(18-23-13)11-5-6-11/h4,10-11H,1,5-9H2,2-3H3,(H,16,20). The number of carbonyl (C=O) groups is 2. The summed E-state index contributed by atoms with van der Waals surface area (Å²) < 4.78 is 10.4. The van der Waals surface area contributed by atoms with E-state index in [1.165, 1.54) is 11.0 Å². The van der Waals surface area contributed by atoms with Crippen molar-refractivity contribution in [3.8, 4) is 0 Å². The number of aromatic nitrogens is 2. The van der Waals surface area contributed by atoms with Crippen LogP contribution in [0, 0.1) is 0 Å². The van der Waals surface area contributed by atoms with Crippen molar-refractivity contribution in [2.24, 2.45) is 0 Å². The van der Waals surface area contributed by atoms with E-state index in [1.807, 2.05) is 6.92 Å². The zero-order valence-electron chi connectivity index (χ0n) is 13.4.